The van der Waals surface area contributed by atoms with Crippen molar-refractivity contribution in [1.29, 1.82) is 5.26 Å². The molecule has 0 saturated heterocycles. The molecule has 0 radical (unpaired) electrons. The van der Waals surface area contributed by atoms with Gasteiger partial charge in [-0.2, -0.15) is 5.26 Å². The number of carbonyl (C=O) groups excluding carboxylic acids is 1. The van der Waals surface area contributed by atoms with Crippen molar-refractivity contribution in [2.75, 3.05) is 0 Å². The summed E-state index contributed by atoms with van der Waals surface area (Å²) in [5.74, 6) is -1.90. The zero-order valence-corrected chi connectivity index (χ0v) is 11.2. The second kappa shape index (κ2) is 6.88. The number of carboxylic acid groups (broad SMARTS) is 1. The normalized spacial score (nSPS) is 10.0. The fraction of sp³-hybridized carbons (Fsp3) is 0. The summed E-state index contributed by atoms with van der Waals surface area (Å²) in [7, 11) is 0. The quantitative estimate of drug-likeness (QED) is 0.319. The van der Waals surface area contributed by atoms with Crippen molar-refractivity contribution < 1.29 is 65.7 Å². The van der Waals surface area contributed by atoms with Crippen LogP contribution in [0.1, 0.15) is 5.56 Å². The second-order valence-electron chi connectivity index (χ2n) is 2.50. The number of halogens is 1. The second-order valence-corrected chi connectivity index (χ2v) is 2.50. The number of carboxylic acids is 1. The van der Waals surface area contributed by atoms with Crippen LogP contribution in [-0.2, 0) is 4.79 Å². The fourth-order valence-electron chi connectivity index (χ4n) is 0.927. The van der Waals surface area contributed by atoms with E-state index in [1.807, 2.05) is 0 Å². The van der Waals surface area contributed by atoms with Crippen molar-refractivity contribution in [2.45, 2.75) is 0 Å². The molecule has 0 amide bonds. The molecule has 1 aromatic rings. The van der Waals surface area contributed by atoms with E-state index in [0.29, 0.717) is 11.6 Å². The van der Waals surface area contributed by atoms with Gasteiger partial charge >= 0.3 is 51.4 Å². The third-order valence-corrected chi connectivity index (χ3v) is 1.54. The maximum Gasteiger partial charge on any atom is 1.00 e. The predicted octanol–water partition coefficient (Wildman–Crippen LogP) is -2.51. The van der Waals surface area contributed by atoms with Crippen LogP contribution >= 0.6 is 0 Å². The molecule has 0 aliphatic heterocycles. The minimum atomic E-state index is -1.45. The summed E-state index contributed by atoms with van der Waals surface area (Å²) in [6.45, 7) is 0. The predicted molar refractivity (Wildman–Crippen MR) is 45.0 cm³/mol. The summed E-state index contributed by atoms with van der Waals surface area (Å²) >= 11 is 0. The molecular formula is C10H5FKNO2. The Kier molecular flexibility index (Phi) is 6.64. The first-order valence-corrected chi connectivity index (χ1v) is 3.72. The summed E-state index contributed by atoms with van der Waals surface area (Å²) in [5.41, 5.74) is 0.281. The molecule has 0 saturated carbocycles. The molecule has 0 N–H and O–H groups in total. The average molecular weight is 229 g/mol. The molecule has 0 aromatic heterocycles. The maximum atomic E-state index is 12.5. The molecule has 1 aromatic carbocycles. The standard InChI is InChI=1S/C10H6FNO2.K/c11-9-3-1-7(2-4-9)8(6-12)5-10(13)14;/h1-5H,(H,13,14);/q;+1/p-1/b8-5-;. The first-order valence-electron chi connectivity index (χ1n) is 3.72. The van der Waals surface area contributed by atoms with Gasteiger partial charge < -0.3 is 9.90 Å². The van der Waals surface area contributed by atoms with E-state index in [2.05, 4.69) is 0 Å². The van der Waals surface area contributed by atoms with Crippen LogP contribution in [0.15, 0.2) is 30.3 Å². The van der Waals surface area contributed by atoms with E-state index in [1.165, 1.54) is 12.1 Å². The molecule has 0 aliphatic rings. The van der Waals surface area contributed by atoms with E-state index in [0.717, 1.165) is 12.1 Å². The largest absolute Gasteiger partial charge is 1.00 e. The summed E-state index contributed by atoms with van der Waals surface area (Å²) in [6.07, 6.45) is 0.674. The number of nitrogens with zero attached hydrogens (tertiary/aromatic N) is 1. The Hall–Kier alpha value is -0.514. The molecule has 1 rings (SSSR count). The van der Waals surface area contributed by atoms with E-state index < -0.39 is 11.8 Å². The van der Waals surface area contributed by atoms with Crippen LogP contribution in [0.25, 0.3) is 5.57 Å². The van der Waals surface area contributed by atoms with Crippen molar-refractivity contribution in [3.8, 4) is 6.07 Å². The molecule has 0 heterocycles. The third-order valence-electron chi connectivity index (χ3n) is 1.54. The summed E-state index contributed by atoms with van der Waals surface area (Å²) in [5, 5.41) is 18.8. The molecule has 0 aliphatic carbocycles. The Morgan fingerprint density at radius 3 is 2.33 bits per heavy atom. The maximum absolute atomic E-state index is 12.5. The molecule has 0 unspecified atom stereocenters. The van der Waals surface area contributed by atoms with Crippen molar-refractivity contribution >= 4 is 11.5 Å². The Bertz CT molecular complexity index is 420. The first kappa shape index (κ1) is 14.5. The number of hydrogen-bond acceptors (Lipinski definition) is 3. The number of benzene rings is 1. The molecular weight excluding hydrogens is 224 g/mol. The molecule has 3 nitrogen and oxygen atoms in total. The summed E-state index contributed by atoms with van der Waals surface area (Å²) in [4.78, 5) is 10.2. The van der Waals surface area contributed by atoms with Gasteiger partial charge in [-0.15, -0.1) is 0 Å². The van der Waals surface area contributed by atoms with Gasteiger partial charge in [0.05, 0.1) is 17.6 Å². The van der Waals surface area contributed by atoms with Crippen LogP contribution < -0.4 is 56.5 Å². The Morgan fingerprint density at radius 1 is 1.40 bits per heavy atom. The molecule has 15 heavy (non-hydrogen) atoms. The van der Waals surface area contributed by atoms with Gasteiger partial charge in [-0.1, -0.05) is 12.1 Å². The number of aliphatic carboxylic acids is 1. The Labute approximate surface area is 129 Å². The molecule has 0 bridgehead atoms. The van der Waals surface area contributed by atoms with E-state index in [1.54, 1.807) is 6.07 Å². The smallest absolute Gasteiger partial charge is 0.545 e. The van der Waals surface area contributed by atoms with Crippen LogP contribution in [0.4, 0.5) is 4.39 Å². The fourth-order valence-corrected chi connectivity index (χ4v) is 0.927. The number of hydrogen-bond donors (Lipinski definition) is 0. The Morgan fingerprint density at radius 2 is 1.93 bits per heavy atom. The molecule has 0 fully saturated rings. The molecule has 70 valence electrons. The number of nitriles is 1. The number of allylic oxidation sites excluding steroid dienone is 1. The van der Waals surface area contributed by atoms with E-state index >= 15 is 0 Å². The van der Waals surface area contributed by atoms with Gasteiger partial charge in [-0.05, 0) is 23.8 Å². The summed E-state index contributed by atoms with van der Waals surface area (Å²) < 4.78 is 12.5. The van der Waals surface area contributed by atoms with Crippen LogP contribution in [-0.4, -0.2) is 5.97 Å². The average Bonchev–Trinajstić information content (AvgIpc) is 2.15. The van der Waals surface area contributed by atoms with Crippen LogP contribution in [0, 0.1) is 17.1 Å². The molecule has 5 heteroatoms. The van der Waals surface area contributed by atoms with E-state index in [9.17, 15) is 14.3 Å². The van der Waals surface area contributed by atoms with Crippen LogP contribution in [0.2, 0.25) is 0 Å². The van der Waals surface area contributed by atoms with Crippen molar-refractivity contribution in [1.82, 2.24) is 0 Å². The van der Waals surface area contributed by atoms with Gasteiger partial charge in [-0.3, -0.25) is 0 Å². The van der Waals surface area contributed by atoms with Gasteiger partial charge in [0.2, 0.25) is 0 Å². The van der Waals surface area contributed by atoms with Gasteiger partial charge in [0.1, 0.15) is 5.82 Å². The minimum Gasteiger partial charge on any atom is -0.545 e. The zero-order chi connectivity index (χ0) is 10.6. The number of carbonyl (C=O) groups is 1. The van der Waals surface area contributed by atoms with Crippen molar-refractivity contribution in [2.24, 2.45) is 0 Å². The zero-order valence-electron chi connectivity index (χ0n) is 8.03. The van der Waals surface area contributed by atoms with Crippen molar-refractivity contribution in [3.63, 3.8) is 0 Å². The van der Waals surface area contributed by atoms with Crippen molar-refractivity contribution in [3.05, 3.63) is 41.7 Å². The molecule has 0 spiro atoms. The van der Waals surface area contributed by atoms with Crippen LogP contribution in [0.3, 0.4) is 0 Å². The van der Waals surface area contributed by atoms with Gasteiger partial charge in [0.15, 0.2) is 0 Å². The van der Waals surface area contributed by atoms with E-state index in [-0.39, 0.29) is 57.0 Å². The topological polar surface area (TPSA) is 63.9 Å². The molecule has 0 atom stereocenters. The Balaban J connectivity index is 0.00000196. The van der Waals surface area contributed by atoms with E-state index in [4.69, 9.17) is 5.26 Å². The van der Waals surface area contributed by atoms with Gasteiger partial charge in [-0.25, -0.2) is 4.39 Å². The monoisotopic (exact) mass is 229 g/mol. The SMILES string of the molecule is N#C/C(=C/C(=O)[O-])c1ccc(F)cc1.[K+]. The number of rotatable bonds is 2. The van der Waals surface area contributed by atoms with Gasteiger partial charge in [0.25, 0.3) is 0 Å². The minimum absolute atomic E-state index is 0. The summed E-state index contributed by atoms with van der Waals surface area (Å²) in [6, 6.07) is 6.64. The van der Waals surface area contributed by atoms with Crippen LogP contribution in [0.5, 0.6) is 0 Å². The van der Waals surface area contributed by atoms with Gasteiger partial charge in [0, 0.05) is 0 Å². The first-order chi connectivity index (χ1) is 6.63. The third kappa shape index (κ3) is 4.69.